The Morgan fingerprint density at radius 2 is 1.77 bits per heavy atom. The predicted octanol–water partition coefficient (Wildman–Crippen LogP) is 6.48. The van der Waals surface area contributed by atoms with Gasteiger partial charge >= 0.3 is 0 Å². The van der Waals surface area contributed by atoms with Gasteiger partial charge in [0.2, 0.25) is 5.91 Å². The summed E-state index contributed by atoms with van der Waals surface area (Å²) in [6, 6.07) is 13.1. The lowest BCUT2D eigenvalue weighted by molar-refractivity contribution is -0.160. The van der Waals surface area contributed by atoms with Gasteiger partial charge in [-0.15, -0.1) is 0 Å². The summed E-state index contributed by atoms with van der Waals surface area (Å²) >= 11 is 10.1. The van der Waals surface area contributed by atoms with E-state index in [2.05, 4.69) is 30.9 Å². The number of alkyl halides is 3. The third-order valence-electron chi connectivity index (χ3n) is 6.80. The van der Waals surface area contributed by atoms with Crippen LogP contribution in [-0.2, 0) is 9.59 Å². The molecule has 210 valence electrons. The van der Waals surface area contributed by atoms with Gasteiger partial charge in [0.1, 0.15) is 0 Å². The van der Waals surface area contributed by atoms with Crippen molar-refractivity contribution in [2.45, 2.75) is 49.2 Å². The molecule has 2 aliphatic heterocycles. The Morgan fingerprint density at radius 1 is 1.10 bits per heavy atom. The van der Waals surface area contributed by atoms with Crippen molar-refractivity contribution in [2.24, 2.45) is 0 Å². The summed E-state index contributed by atoms with van der Waals surface area (Å²) < 4.78 is 44.8. The van der Waals surface area contributed by atoms with E-state index in [4.69, 9.17) is 11.6 Å². The number of benzene rings is 2. The standard InChI is InChI=1S/C28H30BrClF3N3O2S/c1-3-39(24-10-9-20(29)16-22(24)21-6-4-5-7-23(21)30)36-14-12-27(31,13-15-36)26(38)34-19(2)8-11-25(37)35-17-28(32,33)18-35/h3-11,16,19H,12-15,17-18H2,1-2H3,(H,34,38)/b11-8-/t19-,39?/m0/s1. The summed E-state index contributed by atoms with van der Waals surface area (Å²) in [6.07, 6.45) is 2.58. The van der Waals surface area contributed by atoms with Crippen molar-refractivity contribution in [3.8, 4) is 11.1 Å². The number of hydrogen-bond donors (Lipinski definition) is 1. The molecule has 0 radical (unpaired) electrons. The van der Waals surface area contributed by atoms with Gasteiger partial charge in [-0.25, -0.2) is 13.2 Å². The summed E-state index contributed by atoms with van der Waals surface area (Å²) in [4.78, 5) is 26.9. The fourth-order valence-electron chi connectivity index (χ4n) is 4.64. The molecule has 2 aromatic carbocycles. The van der Waals surface area contributed by atoms with Crippen molar-refractivity contribution in [1.82, 2.24) is 14.5 Å². The normalized spacial score (nSPS) is 20.4. The zero-order chi connectivity index (χ0) is 28.4. The van der Waals surface area contributed by atoms with Crippen LogP contribution in [0.5, 0.6) is 0 Å². The van der Waals surface area contributed by atoms with Crippen LogP contribution in [0.2, 0.25) is 5.02 Å². The van der Waals surface area contributed by atoms with Crippen LogP contribution in [0.25, 0.3) is 11.1 Å². The fraction of sp³-hybridized carbons (Fsp3) is 0.393. The minimum absolute atomic E-state index is 0.0202. The van der Waals surface area contributed by atoms with Crippen LogP contribution >= 0.6 is 38.2 Å². The third-order valence-corrected chi connectivity index (χ3v) is 9.79. The monoisotopic (exact) mass is 643 g/mol. The molecule has 2 amide bonds. The van der Waals surface area contributed by atoms with Gasteiger partial charge in [0.15, 0.2) is 5.67 Å². The average molecular weight is 645 g/mol. The first-order chi connectivity index (χ1) is 18.4. The van der Waals surface area contributed by atoms with Gasteiger partial charge in [-0.3, -0.25) is 13.9 Å². The second kappa shape index (κ2) is 12.2. The van der Waals surface area contributed by atoms with Crippen LogP contribution in [0.3, 0.4) is 0 Å². The van der Waals surface area contributed by atoms with Crippen molar-refractivity contribution < 1.29 is 22.8 Å². The van der Waals surface area contributed by atoms with E-state index >= 15 is 4.39 Å². The van der Waals surface area contributed by atoms with Gasteiger partial charge in [0, 0.05) is 58.0 Å². The molecule has 0 aromatic heterocycles. The molecule has 0 aliphatic carbocycles. The molecule has 2 aliphatic rings. The van der Waals surface area contributed by atoms with Crippen molar-refractivity contribution in [1.29, 1.82) is 0 Å². The zero-order valence-electron chi connectivity index (χ0n) is 21.6. The fourth-order valence-corrected chi connectivity index (χ4v) is 7.25. The highest BCUT2D eigenvalue weighted by Crippen LogP contribution is 2.44. The molecule has 2 fully saturated rings. The number of halogens is 5. The molecule has 2 heterocycles. The minimum atomic E-state index is -2.85. The van der Waals surface area contributed by atoms with E-state index in [-0.39, 0.29) is 12.8 Å². The summed E-state index contributed by atoms with van der Waals surface area (Å²) in [6.45, 7) is 3.11. The number of carbonyl (C=O) groups is 2. The number of rotatable bonds is 7. The van der Waals surface area contributed by atoms with Crippen molar-refractivity contribution in [2.75, 3.05) is 26.2 Å². The lowest BCUT2D eigenvalue weighted by atomic mass is 9.93. The number of piperidine rings is 1. The van der Waals surface area contributed by atoms with Crippen LogP contribution in [0.15, 0.2) is 64.0 Å². The molecule has 0 bridgehead atoms. The van der Waals surface area contributed by atoms with E-state index in [0.717, 1.165) is 31.5 Å². The summed E-state index contributed by atoms with van der Waals surface area (Å²) in [5, 5.41) is 5.34. The molecule has 0 spiro atoms. The van der Waals surface area contributed by atoms with Gasteiger partial charge in [-0.1, -0.05) is 62.5 Å². The number of nitrogens with one attached hydrogen (secondary N) is 1. The number of hydrogen-bond acceptors (Lipinski definition) is 3. The molecular formula is C28H30BrClF3N3O2S. The molecule has 2 atom stereocenters. The maximum Gasteiger partial charge on any atom is 0.282 e. The largest absolute Gasteiger partial charge is 0.347 e. The van der Waals surface area contributed by atoms with Gasteiger partial charge < -0.3 is 10.2 Å². The molecule has 2 aromatic rings. The van der Waals surface area contributed by atoms with Crippen molar-refractivity contribution in [3.05, 3.63) is 64.1 Å². The van der Waals surface area contributed by atoms with Crippen LogP contribution in [0, 0.1) is 0 Å². The summed E-state index contributed by atoms with van der Waals surface area (Å²) in [7, 11) is -0.457. The number of likely N-dealkylation sites (tertiary alicyclic amines) is 1. The third kappa shape index (κ3) is 6.96. The molecule has 1 unspecified atom stereocenters. The highest BCUT2D eigenvalue weighted by Gasteiger charge is 2.46. The second-order valence-corrected chi connectivity index (χ2v) is 13.1. The highest BCUT2D eigenvalue weighted by molar-refractivity contribution is 9.10. The van der Waals surface area contributed by atoms with Crippen LogP contribution in [0.1, 0.15) is 26.7 Å². The maximum atomic E-state index is 15.7. The Hall–Kier alpha value is -2.14. The van der Waals surface area contributed by atoms with E-state index in [0.29, 0.717) is 18.1 Å². The molecule has 1 N–H and O–H groups in total. The smallest absolute Gasteiger partial charge is 0.282 e. The lowest BCUT2D eigenvalue weighted by Crippen LogP contribution is -2.58. The van der Waals surface area contributed by atoms with Gasteiger partial charge in [-0.2, -0.15) is 0 Å². The van der Waals surface area contributed by atoms with E-state index in [1.165, 1.54) is 6.08 Å². The average Bonchev–Trinajstić information content (AvgIpc) is 2.88. The first kappa shape index (κ1) is 29.8. The maximum absolute atomic E-state index is 15.7. The van der Waals surface area contributed by atoms with E-state index in [1.807, 2.05) is 49.4 Å². The summed E-state index contributed by atoms with van der Waals surface area (Å²) in [5.41, 5.74) is -0.145. The van der Waals surface area contributed by atoms with Crippen LogP contribution in [0.4, 0.5) is 13.2 Å². The molecule has 11 heteroatoms. The Bertz CT molecular complexity index is 1310. The van der Waals surface area contributed by atoms with E-state index in [9.17, 15) is 18.4 Å². The SMILES string of the molecule is C/C=S(\c1ccc(Br)cc1-c1ccccc1Cl)N1CCC(F)(C(=O)N[C@@H](C)/C=C\C(=O)N2CC(F)(F)C2)CC1. The molecule has 4 rings (SSSR count). The second-order valence-electron chi connectivity index (χ2n) is 9.74. The highest BCUT2D eigenvalue weighted by atomic mass is 79.9. The quantitative estimate of drug-likeness (QED) is 0.278. The Labute approximate surface area is 242 Å². The van der Waals surface area contributed by atoms with Crippen molar-refractivity contribution in [3.63, 3.8) is 0 Å². The molecule has 0 saturated carbocycles. The molecule has 2 saturated heterocycles. The van der Waals surface area contributed by atoms with Gasteiger partial charge in [0.25, 0.3) is 11.8 Å². The predicted molar refractivity (Wildman–Crippen MR) is 155 cm³/mol. The van der Waals surface area contributed by atoms with Gasteiger partial charge in [-0.05, 0) is 49.0 Å². The number of amides is 2. The Balaban J connectivity index is 1.40. The van der Waals surface area contributed by atoms with Crippen molar-refractivity contribution >= 4 is 55.4 Å². The molecule has 39 heavy (non-hydrogen) atoms. The first-order valence-electron chi connectivity index (χ1n) is 12.6. The summed E-state index contributed by atoms with van der Waals surface area (Å²) in [5.74, 6) is -4.14. The Kier molecular flexibility index (Phi) is 9.30. The zero-order valence-corrected chi connectivity index (χ0v) is 24.8. The van der Waals surface area contributed by atoms with Crippen LogP contribution in [-0.4, -0.2) is 70.2 Å². The lowest BCUT2D eigenvalue weighted by Gasteiger charge is -2.38. The van der Waals surface area contributed by atoms with Crippen LogP contribution < -0.4 is 5.32 Å². The molecular weight excluding hydrogens is 615 g/mol. The van der Waals surface area contributed by atoms with Gasteiger partial charge in [0.05, 0.1) is 13.1 Å². The van der Waals surface area contributed by atoms with E-state index in [1.54, 1.807) is 6.92 Å². The topological polar surface area (TPSA) is 52.7 Å². The minimum Gasteiger partial charge on any atom is -0.347 e. The molecule has 5 nitrogen and oxygen atoms in total. The number of carbonyl (C=O) groups excluding carboxylic acids is 2. The number of nitrogens with zero attached hydrogens (tertiary/aromatic N) is 2. The first-order valence-corrected chi connectivity index (χ1v) is 15.0. The van der Waals surface area contributed by atoms with E-state index < -0.39 is 53.2 Å². The Morgan fingerprint density at radius 3 is 2.38 bits per heavy atom.